The number of aromatic nitrogens is 2. The summed E-state index contributed by atoms with van der Waals surface area (Å²) in [5.41, 5.74) is 9.03. The zero-order valence-electron chi connectivity index (χ0n) is 18.6. The molecule has 9 nitrogen and oxygen atoms in total. The summed E-state index contributed by atoms with van der Waals surface area (Å²) in [5.74, 6) is 1.38. The van der Waals surface area contributed by atoms with Crippen LogP contribution in [0.15, 0.2) is 42.6 Å². The van der Waals surface area contributed by atoms with Crippen LogP contribution in [0, 0.1) is 5.92 Å². The number of anilines is 1. The summed E-state index contributed by atoms with van der Waals surface area (Å²) in [6, 6.07) is 11.4. The first-order valence-corrected chi connectivity index (χ1v) is 10.9. The van der Waals surface area contributed by atoms with Crippen LogP contribution in [0.3, 0.4) is 0 Å². The Hall–Kier alpha value is -3.59. The van der Waals surface area contributed by atoms with Crippen LogP contribution in [0.4, 0.5) is 5.69 Å². The van der Waals surface area contributed by atoms with Gasteiger partial charge in [-0.25, -0.2) is 4.98 Å². The van der Waals surface area contributed by atoms with Crippen LogP contribution in [0.1, 0.15) is 18.4 Å². The van der Waals surface area contributed by atoms with E-state index in [1.54, 1.807) is 25.4 Å². The van der Waals surface area contributed by atoms with Crippen molar-refractivity contribution in [2.45, 2.75) is 19.3 Å². The minimum atomic E-state index is -0.652. The van der Waals surface area contributed by atoms with E-state index < -0.39 is 5.97 Å². The molecule has 3 aromatic rings. The third-order valence-corrected chi connectivity index (χ3v) is 5.89. The number of methoxy groups -OCH3 is 1. The maximum absolute atomic E-state index is 10.9. The molecule has 1 fully saturated rings. The molecule has 1 saturated heterocycles. The maximum Gasteiger partial charge on any atom is 0.306 e. The van der Waals surface area contributed by atoms with Crippen molar-refractivity contribution in [2.75, 3.05) is 39.3 Å². The lowest BCUT2D eigenvalue weighted by atomic mass is 9.97. The zero-order valence-corrected chi connectivity index (χ0v) is 18.6. The van der Waals surface area contributed by atoms with Crippen LogP contribution < -0.4 is 19.9 Å². The highest BCUT2D eigenvalue weighted by Gasteiger charge is 2.24. The van der Waals surface area contributed by atoms with E-state index in [1.165, 1.54) is 5.56 Å². The second-order valence-corrected chi connectivity index (χ2v) is 8.01. The van der Waals surface area contributed by atoms with Crippen LogP contribution >= 0.6 is 0 Å². The van der Waals surface area contributed by atoms with Crippen molar-refractivity contribution < 1.29 is 24.1 Å². The summed E-state index contributed by atoms with van der Waals surface area (Å²) in [4.78, 5) is 21.5. The number of carbonyl (C=O) groups is 1. The Morgan fingerprint density at radius 2 is 1.97 bits per heavy atom. The lowest BCUT2D eigenvalue weighted by molar-refractivity contribution is -0.143. The Bertz CT molecular complexity index is 1120. The maximum atomic E-state index is 10.9. The molecule has 174 valence electrons. The van der Waals surface area contributed by atoms with Gasteiger partial charge in [0.15, 0.2) is 11.5 Å². The molecule has 33 heavy (non-hydrogen) atoms. The topological polar surface area (TPSA) is 120 Å². The molecule has 0 spiro atoms. The predicted molar refractivity (Wildman–Crippen MR) is 124 cm³/mol. The number of hydrogen-bond acceptors (Lipinski definition) is 8. The second-order valence-electron chi connectivity index (χ2n) is 8.01. The zero-order chi connectivity index (χ0) is 23.2. The number of likely N-dealkylation sites (tertiary alicyclic amines) is 1. The molecule has 2 aliphatic rings. The number of pyridine rings is 2. The molecule has 5 rings (SSSR count). The third kappa shape index (κ3) is 5.61. The molecule has 0 aliphatic carbocycles. The Kier molecular flexibility index (Phi) is 7.09. The Labute approximate surface area is 192 Å². The molecule has 2 aromatic heterocycles. The Morgan fingerprint density at radius 1 is 1.18 bits per heavy atom. The lowest BCUT2D eigenvalue weighted by Gasteiger charge is -2.29. The average molecular weight is 453 g/mol. The summed E-state index contributed by atoms with van der Waals surface area (Å²) in [5, 5.41) is 8.98. The summed E-state index contributed by atoms with van der Waals surface area (Å²) in [7, 11) is 1.57. The molecule has 0 unspecified atom stereocenters. The van der Waals surface area contributed by atoms with E-state index in [-0.39, 0.29) is 5.92 Å². The number of nitrogens with two attached hydrogens (primary N) is 1. The summed E-state index contributed by atoms with van der Waals surface area (Å²) < 4.78 is 15.6. The molecule has 0 amide bonds. The summed E-state index contributed by atoms with van der Waals surface area (Å²) in [6.07, 6.45) is 4.13. The number of benzene rings is 1. The van der Waals surface area contributed by atoms with E-state index >= 15 is 0 Å². The van der Waals surface area contributed by atoms with Crippen molar-refractivity contribution in [3.63, 3.8) is 0 Å². The van der Waals surface area contributed by atoms with Crippen molar-refractivity contribution in [3.05, 3.63) is 48.2 Å². The van der Waals surface area contributed by atoms with Gasteiger partial charge >= 0.3 is 5.97 Å². The van der Waals surface area contributed by atoms with Crippen LogP contribution in [0.2, 0.25) is 0 Å². The van der Waals surface area contributed by atoms with Crippen LogP contribution in [0.5, 0.6) is 17.4 Å². The van der Waals surface area contributed by atoms with Crippen LogP contribution in [-0.4, -0.2) is 59.5 Å². The van der Waals surface area contributed by atoms with E-state index in [2.05, 4.69) is 20.9 Å². The molecule has 3 N–H and O–H groups in total. The van der Waals surface area contributed by atoms with Crippen molar-refractivity contribution in [2.24, 2.45) is 5.92 Å². The molecule has 1 aromatic carbocycles. The minimum Gasteiger partial charge on any atom is -0.481 e. The number of rotatable bonds is 5. The van der Waals surface area contributed by atoms with Gasteiger partial charge in [0.05, 0.1) is 24.2 Å². The second kappa shape index (κ2) is 10.4. The van der Waals surface area contributed by atoms with Gasteiger partial charge < -0.3 is 30.0 Å². The SMILES string of the molecule is COc1ccc2nccc(N)c2n1.O=C(O)C1CCN(CCc2ccc3c(c2)OCO3)CC1. The van der Waals surface area contributed by atoms with E-state index in [1.807, 2.05) is 18.2 Å². The number of hydrogen-bond donors (Lipinski definition) is 2. The van der Waals surface area contributed by atoms with Gasteiger partial charge in [-0.3, -0.25) is 9.78 Å². The number of nitrogen functional groups attached to an aromatic ring is 1. The Morgan fingerprint density at radius 3 is 2.73 bits per heavy atom. The number of nitrogens with zero attached hydrogens (tertiary/aromatic N) is 3. The van der Waals surface area contributed by atoms with Crippen molar-refractivity contribution in [3.8, 4) is 17.4 Å². The fraction of sp³-hybridized carbons (Fsp3) is 0.375. The van der Waals surface area contributed by atoms with E-state index in [9.17, 15) is 4.79 Å². The van der Waals surface area contributed by atoms with Gasteiger partial charge in [0.2, 0.25) is 12.7 Å². The van der Waals surface area contributed by atoms with E-state index in [0.717, 1.165) is 55.9 Å². The standard InChI is InChI=1S/C15H19NO4.C9H9N3O/c17-15(18)12-4-7-16(8-5-12)6-3-11-1-2-13-14(9-11)20-10-19-13;1-13-8-3-2-7-9(12-8)6(10)4-5-11-7/h1-2,9,12H,3-8,10H2,(H,17,18);2-5H,1H3,(H2,10,11). The predicted octanol–water partition coefficient (Wildman–Crippen LogP) is 2.98. The van der Waals surface area contributed by atoms with Gasteiger partial charge in [0.25, 0.3) is 0 Å². The third-order valence-electron chi connectivity index (χ3n) is 5.89. The highest BCUT2D eigenvalue weighted by Crippen LogP contribution is 2.32. The molecule has 0 atom stereocenters. The largest absolute Gasteiger partial charge is 0.481 e. The summed E-state index contributed by atoms with van der Waals surface area (Å²) >= 11 is 0. The minimum absolute atomic E-state index is 0.156. The van der Waals surface area contributed by atoms with Gasteiger partial charge in [0.1, 0.15) is 5.52 Å². The first kappa shape index (κ1) is 22.6. The highest BCUT2D eigenvalue weighted by molar-refractivity contribution is 5.86. The normalized spacial score (nSPS) is 15.7. The Balaban J connectivity index is 0.000000172. The van der Waals surface area contributed by atoms with Crippen molar-refractivity contribution in [1.29, 1.82) is 0 Å². The number of carboxylic acids is 1. The van der Waals surface area contributed by atoms with Gasteiger partial charge in [-0.05, 0) is 62.2 Å². The fourth-order valence-corrected chi connectivity index (χ4v) is 3.93. The molecule has 0 radical (unpaired) electrons. The van der Waals surface area contributed by atoms with E-state index in [4.69, 9.17) is 25.1 Å². The molecule has 9 heteroatoms. The molecule has 4 heterocycles. The smallest absolute Gasteiger partial charge is 0.306 e. The monoisotopic (exact) mass is 452 g/mol. The molecular weight excluding hydrogens is 424 g/mol. The fourth-order valence-electron chi connectivity index (χ4n) is 3.93. The van der Waals surface area contributed by atoms with Gasteiger partial charge in [-0.1, -0.05) is 6.07 Å². The molecule has 2 aliphatic heterocycles. The number of ether oxygens (including phenoxy) is 3. The first-order chi connectivity index (χ1) is 16.0. The van der Waals surface area contributed by atoms with E-state index in [0.29, 0.717) is 23.9 Å². The highest BCUT2D eigenvalue weighted by atomic mass is 16.7. The lowest BCUT2D eigenvalue weighted by Crippen LogP contribution is -2.37. The molecular formula is C24H28N4O5. The number of fused-ring (bicyclic) bond motifs is 2. The average Bonchev–Trinajstić information content (AvgIpc) is 3.31. The quantitative estimate of drug-likeness (QED) is 0.602. The number of piperidine rings is 1. The molecule has 0 bridgehead atoms. The van der Waals surface area contributed by atoms with Crippen LogP contribution in [0.25, 0.3) is 11.0 Å². The van der Waals surface area contributed by atoms with Crippen molar-refractivity contribution >= 4 is 22.7 Å². The number of aliphatic carboxylic acids is 1. The molecule has 0 saturated carbocycles. The van der Waals surface area contributed by atoms with Gasteiger partial charge in [0, 0.05) is 18.8 Å². The first-order valence-electron chi connectivity index (χ1n) is 10.9. The number of carboxylic acid groups (broad SMARTS) is 1. The van der Waals surface area contributed by atoms with Gasteiger partial charge in [-0.15, -0.1) is 0 Å². The van der Waals surface area contributed by atoms with Crippen LogP contribution in [-0.2, 0) is 11.2 Å². The van der Waals surface area contributed by atoms with Gasteiger partial charge in [-0.2, -0.15) is 0 Å². The van der Waals surface area contributed by atoms with Crippen molar-refractivity contribution in [1.82, 2.24) is 14.9 Å². The summed E-state index contributed by atoms with van der Waals surface area (Å²) in [6.45, 7) is 3.02.